The summed E-state index contributed by atoms with van der Waals surface area (Å²) >= 11 is 0. The van der Waals surface area contributed by atoms with E-state index in [0.717, 1.165) is 19.3 Å². The predicted octanol–water partition coefficient (Wildman–Crippen LogP) is 2.99. The van der Waals surface area contributed by atoms with Crippen LogP contribution in [0, 0.1) is 11.7 Å². The standard InChI is InChI=1S/C18H24FNO3/c1-12-5-3-4-6-16(12)20-18(22)13(2)23-17(21)11-14-7-9-15(19)10-8-14/h7-10,12-13,16H,3-6,11H2,1-2H3,(H,20,22)/t12-,13-,16+/m1/s1. The number of benzene rings is 1. The zero-order valence-electron chi connectivity index (χ0n) is 13.7. The molecule has 0 spiro atoms. The quantitative estimate of drug-likeness (QED) is 0.848. The summed E-state index contributed by atoms with van der Waals surface area (Å²) in [5.74, 6) is -0.640. The Bertz CT molecular complexity index is 544. The number of hydrogen-bond donors (Lipinski definition) is 1. The Balaban J connectivity index is 1.80. The van der Waals surface area contributed by atoms with E-state index in [2.05, 4.69) is 12.2 Å². The summed E-state index contributed by atoms with van der Waals surface area (Å²) in [6, 6.07) is 5.82. The third-order valence-corrected chi connectivity index (χ3v) is 4.38. The average Bonchev–Trinajstić information content (AvgIpc) is 2.51. The molecule has 1 aromatic rings. The summed E-state index contributed by atoms with van der Waals surface area (Å²) in [5.41, 5.74) is 0.657. The van der Waals surface area contributed by atoms with Gasteiger partial charge in [0.15, 0.2) is 6.10 Å². The maximum Gasteiger partial charge on any atom is 0.311 e. The lowest BCUT2D eigenvalue weighted by atomic mass is 9.86. The van der Waals surface area contributed by atoms with E-state index in [1.54, 1.807) is 6.92 Å². The van der Waals surface area contributed by atoms with Gasteiger partial charge >= 0.3 is 5.97 Å². The van der Waals surface area contributed by atoms with Crippen LogP contribution in [0.25, 0.3) is 0 Å². The Morgan fingerprint density at radius 2 is 1.91 bits per heavy atom. The molecule has 0 saturated heterocycles. The maximum atomic E-state index is 12.8. The Morgan fingerprint density at radius 1 is 1.26 bits per heavy atom. The smallest absolute Gasteiger partial charge is 0.311 e. The van der Waals surface area contributed by atoms with E-state index in [-0.39, 0.29) is 24.2 Å². The molecule has 5 heteroatoms. The van der Waals surface area contributed by atoms with Crippen LogP contribution in [0.3, 0.4) is 0 Å². The third-order valence-electron chi connectivity index (χ3n) is 4.38. The second-order valence-corrected chi connectivity index (χ2v) is 6.31. The van der Waals surface area contributed by atoms with Crippen molar-refractivity contribution >= 4 is 11.9 Å². The summed E-state index contributed by atoms with van der Waals surface area (Å²) < 4.78 is 18.0. The van der Waals surface area contributed by atoms with Crippen LogP contribution >= 0.6 is 0 Å². The van der Waals surface area contributed by atoms with E-state index in [9.17, 15) is 14.0 Å². The van der Waals surface area contributed by atoms with Gasteiger partial charge in [-0.05, 0) is 43.4 Å². The molecule has 4 nitrogen and oxygen atoms in total. The van der Waals surface area contributed by atoms with Gasteiger partial charge in [-0.1, -0.05) is 31.9 Å². The molecule has 0 aliphatic heterocycles. The van der Waals surface area contributed by atoms with E-state index < -0.39 is 12.1 Å². The van der Waals surface area contributed by atoms with Crippen LogP contribution in [0.1, 0.15) is 45.1 Å². The lowest BCUT2D eigenvalue weighted by Crippen LogP contribution is -2.46. The van der Waals surface area contributed by atoms with E-state index in [1.807, 2.05) is 0 Å². The van der Waals surface area contributed by atoms with Crippen LogP contribution in [0.15, 0.2) is 24.3 Å². The summed E-state index contributed by atoms with van der Waals surface area (Å²) in [6.07, 6.45) is 3.62. The van der Waals surface area contributed by atoms with Crippen molar-refractivity contribution in [3.05, 3.63) is 35.6 Å². The first-order valence-electron chi connectivity index (χ1n) is 8.20. The minimum atomic E-state index is -0.822. The number of halogens is 1. The van der Waals surface area contributed by atoms with Crippen molar-refractivity contribution in [2.45, 2.75) is 58.1 Å². The highest BCUT2D eigenvalue weighted by Crippen LogP contribution is 2.23. The van der Waals surface area contributed by atoms with E-state index in [1.165, 1.54) is 30.7 Å². The third kappa shape index (κ3) is 5.34. The summed E-state index contributed by atoms with van der Waals surface area (Å²) in [7, 11) is 0. The molecule has 1 saturated carbocycles. The van der Waals surface area contributed by atoms with Gasteiger partial charge in [-0.25, -0.2) is 4.39 Å². The molecule has 126 valence electrons. The minimum Gasteiger partial charge on any atom is -0.452 e. The van der Waals surface area contributed by atoms with Gasteiger partial charge in [0.1, 0.15) is 5.82 Å². The van der Waals surface area contributed by atoms with Gasteiger partial charge in [0, 0.05) is 6.04 Å². The van der Waals surface area contributed by atoms with Gasteiger partial charge in [0.05, 0.1) is 6.42 Å². The van der Waals surface area contributed by atoms with Gasteiger partial charge in [-0.15, -0.1) is 0 Å². The second kappa shape index (κ2) is 8.09. The molecular formula is C18H24FNO3. The van der Waals surface area contributed by atoms with Crippen molar-refractivity contribution in [2.24, 2.45) is 5.92 Å². The fourth-order valence-electron chi connectivity index (χ4n) is 2.89. The molecule has 1 aliphatic carbocycles. The molecule has 0 radical (unpaired) electrons. The predicted molar refractivity (Wildman–Crippen MR) is 85.2 cm³/mol. The van der Waals surface area contributed by atoms with E-state index in [0.29, 0.717) is 11.5 Å². The summed E-state index contributed by atoms with van der Waals surface area (Å²) in [4.78, 5) is 24.0. The lowest BCUT2D eigenvalue weighted by Gasteiger charge is -2.30. The molecular weight excluding hydrogens is 297 g/mol. The molecule has 0 bridgehead atoms. The fourth-order valence-corrected chi connectivity index (χ4v) is 2.89. The summed E-state index contributed by atoms with van der Waals surface area (Å²) in [5, 5.41) is 2.98. The van der Waals surface area contributed by atoms with E-state index in [4.69, 9.17) is 4.74 Å². The van der Waals surface area contributed by atoms with Crippen LogP contribution in [0.5, 0.6) is 0 Å². The molecule has 0 unspecified atom stereocenters. The highest BCUT2D eigenvalue weighted by atomic mass is 19.1. The van der Waals surface area contributed by atoms with Crippen molar-refractivity contribution in [1.82, 2.24) is 5.32 Å². The first-order valence-corrected chi connectivity index (χ1v) is 8.20. The van der Waals surface area contributed by atoms with Crippen molar-refractivity contribution < 1.29 is 18.7 Å². The Kier molecular flexibility index (Phi) is 6.13. The Hall–Kier alpha value is -1.91. The number of rotatable bonds is 5. The Morgan fingerprint density at radius 3 is 2.57 bits per heavy atom. The average molecular weight is 321 g/mol. The second-order valence-electron chi connectivity index (χ2n) is 6.31. The van der Waals surface area contributed by atoms with Crippen LogP contribution in [0.4, 0.5) is 4.39 Å². The van der Waals surface area contributed by atoms with Crippen molar-refractivity contribution in [3.63, 3.8) is 0 Å². The van der Waals surface area contributed by atoms with Gasteiger partial charge < -0.3 is 10.1 Å². The first-order chi connectivity index (χ1) is 11.0. The molecule has 2 rings (SSSR count). The molecule has 0 aromatic heterocycles. The van der Waals surface area contributed by atoms with Crippen molar-refractivity contribution in [1.29, 1.82) is 0 Å². The van der Waals surface area contributed by atoms with Crippen LogP contribution in [-0.4, -0.2) is 24.0 Å². The first kappa shape index (κ1) is 17.4. The number of ether oxygens (including phenoxy) is 1. The van der Waals surface area contributed by atoms with Crippen molar-refractivity contribution in [3.8, 4) is 0 Å². The van der Waals surface area contributed by atoms with Crippen molar-refractivity contribution in [2.75, 3.05) is 0 Å². The normalized spacial score (nSPS) is 22.2. The number of esters is 1. The molecule has 0 heterocycles. The largest absolute Gasteiger partial charge is 0.452 e. The Labute approximate surface area is 136 Å². The topological polar surface area (TPSA) is 55.4 Å². The molecule has 1 fully saturated rings. The highest BCUT2D eigenvalue weighted by molar-refractivity contribution is 5.84. The lowest BCUT2D eigenvalue weighted by molar-refractivity contribution is -0.154. The van der Waals surface area contributed by atoms with Gasteiger partial charge in [-0.3, -0.25) is 9.59 Å². The number of carbonyl (C=O) groups is 2. The van der Waals surface area contributed by atoms with Crippen LogP contribution in [-0.2, 0) is 20.7 Å². The monoisotopic (exact) mass is 321 g/mol. The SMILES string of the molecule is C[C@@H]1CCCC[C@@H]1NC(=O)[C@@H](C)OC(=O)Cc1ccc(F)cc1. The highest BCUT2D eigenvalue weighted by Gasteiger charge is 2.26. The fraction of sp³-hybridized carbons (Fsp3) is 0.556. The number of carbonyl (C=O) groups excluding carboxylic acids is 2. The van der Waals surface area contributed by atoms with Gasteiger partial charge in [-0.2, -0.15) is 0 Å². The van der Waals surface area contributed by atoms with Crippen LogP contribution < -0.4 is 5.32 Å². The molecule has 23 heavy (non-hydrogen) atoms. The minimum absolute atomic E-state index is 0.0255. The molecule has 1 amide bonds. The van der Waals surface area contributed by atoms with Gasteiger partial charge in [0.2, 0.25) is 0 Å². The molecule has 1 aliphatic rings. The van der Waals surface area contributed by atoms with Gasteiger partial charge in [0.25, 0.3) is 5.91 Å². The number of nitrogens with one attached hydrogen (secondary N) is 1. The van der Waals surface area contributed by atoms with E-state index >= 15 is 0 Å². The number of amides is 1. The molecule has 1 aromatic carbocycles. The number of hydrogen-bond acceptors (Lipinski definition) is 3. The zero-order chi connectivity index (χ0) is 16.8. The molecule has 3 atom stereocenters. The maximum absolute atomic E-state index is 12.8. The zero-order valence-corrected chi connectivity index (χ0v) is 13.7. The molecule has 1 N–H and O–H groups in total. The van der Waals surface area contributed by atoms with Crippen LogP contribution in [0.2, 0.25) is 0 Å². The summed E-state index contributed by atoms with van der Waals surface area (Å²) in [6.45, 7) is 3.71.